The van der Waals surface area contributed by atoms with Gasteiger partial charge < -0.3 is 9.84 Å². The fraction of sp³-hybridized carbons (Fsp3) is 0.409. The van der Waals surface area contributed by atoms with Crippen LogP contribution in [-0.2, 0) is 24.3 Å². The number of fused-ring (bicyclic) bond motifs is 1. The van der Waals surface area contributed by atoms with E-state index >= 15 is 0 Å². The van der Waals surface area contributed by atoms with Gasteiger partial charge in [0.15, 0.2) is 0 Å². The second-order valence-corrected chi connectivity index (χ2v) is 7.08. The molecule has 0 amide bonds. The number of carbonyl (C=O) groups is 1. The molecule has 1 atom stereocenters. The van der Waals surface area contributed by atoms with Crippen LogP contribution in [0.15, 0.2) is 42.5 Å². The molecule has 0 bridgehead atoms. The Kier molecular flexibility index (Phi) is 5.94. The van der Waals surface area contributed by atoms with E-state index in [-0.39, 0.29) is 12.5 Å². The Morgan fingerprint density at radius 3 is 2.85 bits per heavy atom. The maximum atomic E-state index is 10.8. The number of hydrogen-bond donors (Lipinski definition) is 1. The lowest BCUT2D eigenvalue weighted by molar-refractivity contribution is -0.136. The second kappa shape index (κ2) is 8.37. The molecule has 0 fully saturated rings. The van der Waals surface area contributed by atoms with Crippen LogP contribution in [0.25, 0.3) is 0 Å². The predicted octanol–water partition coefficient (Wildman–Crippen LogP) is 4.19. The van der Waals surface area contributed by atoms with Gasteiger partial charge in [-0.1, -0.05) is 43.3 Å². The predicted molar refractivity (Wildman–Crippen MR) is 102 cm³/mol. The Hall–Kier alpha value is -2.33. The van der Waals surface area contributed by atoms with Gasteiger partial charge in [0.25, 0.3) is 0 Å². The number of ether oxygens (including phenoxy) is 1. The van der Waals surface area contributed by atoms with Crippen molar-refractivity contribution in [3.63, 3.8) is 0 Å². The average molecular weight is 353 g/mol. The van der Waals surface area contributed by atoms with Crippen LogP contribution in [0.4, 0.5) is 0 Å². The molecule has 1 N–H and O–H groups in total. The van der Waals surface area contributed by atoms with Crippen LogP contribution in [0.2, 0.25) is 0 Å². The van der Waals surface area contributed by atoms with Crippen LogP contribution in [-0.4, -0.2) is 28.6 Å². The normalized spacial score (nSPS) is 17.2. The van der Waals surface area contributed by atoms with E-state index in [1.165, 1.54) is 16.7 Å². The van der Waals surface area contributed by atoms with Crippen LogP contribution in [0, 0.1) is 6.92 Å². The smallest absolute Gasteiger partial charge is 0.303 e. The molecule has 26 heavy (non-hydrogen) atoms. The van der Waals surface area contributed by atoms with Gasteiger partial charge in [-0.2, -0.15) is 0 Å². The van der Waals surface area contributed by atoms with Crippen LogP contribution in [0.1, 0.15) is 42.0 Å². The van der Waals surface area contributed by atoms with Gasteiger partial charge >= 0.3 is 5.97 Å². The Balaban J connectivity index is 1.79. The van der Waals surface area contributed by atoms with E-state index in [1.54, 1.807) is 0 Å². The van der Waals surface area contributed by atoms with Gasteiger partial charge in [0, 0.05) is 31.6 Å². The molecule has 0 spiro atoms. The first-order chi connectivity index (χ1) is 12.5. The third kappa shape index (κ3) is 4.64. The fourth-order valence-corrected chi connectivity index (χ4v) is 3.44. The van der Waals surface area contributed by atoms with Crippen LogP contribution in [0.5, 0.6) is 5.75 Å². The summed E-state index contributed by atoms with van der Waals surface area (Å²) in [5.41, 5.74) is 4.83. The van der Waals surface area contributed by atoms with Crippen LogP contribution >= 0.6 is 0 Å². The van der Waals surface area contributed by atoms with E-state index < -0.39 is 5.97 Å². The molecular weight excluding hydrogens is 326 g/mol. The molecule has 2 aromatic rings. The maximum Gasteiger partial charge on any atom is 0.303 e. The molecule has 4 heteroatoms. The van der Waals surface area contributed by atoms with E-state index in [4.69, 9.17) is 9.84 Å². The summed E-state index contributed by atoms with van der Waals surface area (Å²) in [6.45, 7) is 6.89. The quantitative estimate of drug-likeness (QED) is 0.846. The number of carboxylic acid groups (broad SMARTS) is 1. The standard InChI is InChI=1S/C22H27NO3/c1-3-20-15-23(13-18-6-4-5-7-21(18)26-20)14-19-12-17(9-8-16(19)2)10-11-22(24)25/h4-9,12,20H,3,10-11,13-15H2,1-2H3,(H,24,25)/t20-/m1/s1. The van der Waals surface area contributed by atoms with Crippen molar-refractivity contribution in [1.82, 2.24) is 4.90 Å². The Morgan fingerprint density at radius 1 is 1.27 bits per heavy atom. The fourth-order valence-electron chi connectivity index (χ4n) is 3.44. The molecule has 1 heterocycles. The summed E-state index contributed by atoms with van der Waals surface area (Å²) >= 11 is 0. The topological polar surface area (TPSA) is 49.8 Å². The molecule has 0 unspecified atom stereocenters. The van der Waals surface area contributed by atoms with Gasteiger partial charge in [0.05, 0.1) is 0 Å². The summed E-state index contributed by atoms with van der Waals surface area (Å²) in [4.78, 5) is 13.3. The van der Waals surface area contributed by atoms with E-state index in [9.17, 15) is 4.79 Å². The number of rotatable bonds is 6. The number of carboxylic acids is 1. The van der Waals surface area contributed by atoms with Gasteiger partial charge in [-0.25, -0.2) is 0 Å². The van der Waals surface area contributed by atoms with Gasteiger partial charge in [-0.05, 0) is 42.5 Å². The lowest BCUT2D eigenvalue weighted by Crippen LogP contribution is -2.32. The zero-order valence-electron chi connectivity index (χ0n) is 15.6. The molecule has 0 saturated heterocycles. The maximum absolute atomic E-state index is 10.8. The average Bonchev–Trinajstić information content (AvgIpc) is 2.80. The molecule has 0 aromatic heterocycles. The number of hydrogen-bond acceptors (Lipinski definition) is 3. The molecule has 4 nitrogen and oxygen atoms in total. The number of benzene rings is 2. The van der Waals surface area contributed by atoms with Crippen LogP contribution < -0.4 is 4.74 Å². The van der Waals surface area contributed by atoms with Crippen molar-refractivity contribution < 1.29 is 14.6 Å². The van der Waals surface area contributed by atoms with E-state index in [2.05, 4.69) is 49.1 Å². The highest BCUT2D eigenvalue weighted by Crippen LogP contribution is 2.27. The summed E-state index contributed by atoms with van der Waals surface area (Å²) in [6, 6.07) is 14.6. The van der Waals surface area contributed by atoms with Gasteiger partial charge in [-0.3, -0.25) is 9.69 Å². The van der Waals surface area contributed by atoms with Crippen molar-refractivity contribution in [1.29, 1.82) is 0 Å². The summed E-state index contributed by atoms with van der Waals surface area (Å²) < 4.78 is 6.19. The highest BCUT2D eigenvalue weighted by Gasteiger charge is 2.22. The Bertz CT molecular complexity index is 772. The Morgan fingerprint density at radius 2 is 2.08 bits per heavy atom. The molecule has 1 aliphatic rings. The van der Waals surface area contributed by atoms with Crippen LogP contribution in [0.3, 0.4) is 0 Å². The first-order valence-corrected chi connectivity index (χ1v) is 9.32. The molecule has 0 radical (unpaired) electrons. The number of para-hydroxylation sites is 1. The number of aliphatic carboxylic acids is 1. The molecule has 0 aliphatic carbocycles. The van der Waals surface area contributed by atoms with Gasteiger partial charge in [-0.15, -0.1) is 0 Å². The lowest BCUT2D eigenvalue weighted by atomic mass is 10.0. The molecule has 1 aliphatic heterocycles. The summed E-state index contributed by atoms with van der Waals surface area (Å²) in [5.74, 6) is 0.243. The molecule has 3 rings (SSSR count). The number of aryl methyl sites for hydroxylation is 2. The van der Waals surface area contributed by atoms with Gasteiger partial charge in [0.2, 0.25) is 0 Å². The molecular formula is C22H27NO3. The van der Waals surface area contributed by atoms with E-state index in [1.807, 2.05) is 12.1 Å². The number of nitrogens with zero attached hydrogens (tertiary/aromatic N) is 1. The minimum Gasteiger partial charge on any atom is -0.489 e. The SMILES string of the molecule is CC[C@@H]1CN(Cc2cc(CCC(=O)O)ccc2C)Cc2ccccc2O1. The molecule has 138 valence electrons. The first kappa shape index (κ1) is 18.5. The zero-order valence-corrected chi connectivity index (χ0v) is 15.6. The minimum absolute atomic E-state index is 0.172. The highest BCUT2D eigenvalue weighted by atomic mass is 16.5. The highest BCUT2D eigenvalue weighted by molar-refractivity contribution is 5.67. The molecule has 2 aromatic carbocycles. The lowest BCUT2D eigenvalue weighted by Gasteiger charge is -2.24. The molecule has 0 saturated carbocycles. The summed E-state index contributed by atoms with van der Waals surface area (Å²) in [5, 5.41) is 8.92. The van der Waals surface area contributed by atoms with Crippen molar-refractivity contribution in [2.24, 2.45) is 0 Å². The first-order valence-electron chi connectivity index (χ1n) is 9.32. The third-order valence-electron chi connectivity index (χ3n) is 5.01. The van der Waals surface area contributed by atoms with E-state index in [0.717, 1.165) is 37.4 Å². The monoisotopic (exact) mass is 353 g/mol. The van der Waals surface area contributed by atoms with Crippen molar-refractivity contribution in [3.8, 4) is 5.75 Å². The van der Waals surface area contributed by atoms with Gasteiger partial charge in [0.1, 0.15) is 11.9 Å². The zero-order chi connectivity index (χ0) is 18.5. The summed E-state index contributed by atoms with van der Waals surface area (Å²) in [6.07, 6.45) is 1.91. The van der Waals surface area contributed by atoms with Crippen molar-refractivity contribution in [2.45, 2.75) is 52.3 Å². The minimum atomic E-state index is -0.751. The summed E-state index contributed by atoms with van der Waals surface area (Å²) in [7, 11) is 0. The van der Waals surface area contributed by atoms with Crippen molar-refractivity contribution in [3.05, 3.63) is 64.7 Å². The van der Waals surface area contributed by atoms with Crippen molar-refractivity contribution in [2.75, 3.05) is 6.54 Å². The van der Waals surface area contributed by atoms with E-state index in [0.29, 0.717) is 6.42 Å². The Labute approximate surface area is 155 Å². The third-order valence-corrected chi connectivity index (χ3v) is 5.01. The second-order valence-electron chi connectivity index (χ2n) is 7.08. The van der Waals surface area contributed by atoms with Crippen molar-refractivity contribution >= 4 is 5.97 Å². The largest absolute Gasteiger partial charge is 0.489 e.